The van der Waals surface area contributed by atoms with Gasteiger partial charge in [0.1, 0.15) is 17.2 Å². The number of rotatable bonds is 8. The third-order valence-corrected chi connectivity index (χ3v) is 3.90. The Labute approximate surface area is 146 Å². The van der Waals surface area contributed by atoms with Gasteiger partial charge in [-0.1, -0.05) is 0 Å². The van der Waals surface area contributed by atoms with Crippen molar-refractivity contribution in [3.05, 3.63) is 41.5 Å². The van der Waals surface area contributed by atoms with Crippen molar-refractivity contribution in [1.82, 2.24) is 0 Å². The van der Waals surface area contributed by atoms with Crippen LogP contribution in [0.25, 0.3) is 0 Å². The molecule has 0 aromatic heterocycles. The van der Waals surface area contributed by atoms with E-state index in [1.807, 2.05) is 0 Å². The summed E-state index contributed by atoms with van der Waals surface area (Å²) in [6.45, 7) is 0. The fourth-order valence-electron chi connectivity index (χ4n) is 2.61. The van der Waals surface area contributed by atoms with Gasteiger partial charge in [0.05, 0.1) is 28.4 Å². The van der Waals surface area contributed by atoms with E-state index in [1.165, 1.54) is 33.5 Å². The number of benzene rings is 2. The van der Waals surface area contributed by atoms with E-state index < -0.39 is 0 Å². The molecule has 0 unspecified atom stereocenters. The minimum atomic E-state index is -0.0434. The predicted molar refractivity (Wildman–Crippen MR) is 93.4 cm³/mol. The predicted octanol–water partition coefficient (Wildman–Crippen LogP) is 3.24. The zero-order valence-electron chi connectivity index (χ0n) is 14.8. The summed E-state index contributed by atoms with van der Waals surface area (Å²) in [5.41, 5.74) is 1.27. The molecule has 0 saturated heterocycles. The van der Waals surface area contributed by atoms with Crippen molar-refractivity contribution in [2.24, 2.45) is 0 Å². The number of aromatic hydroxyl groups is 1. The number of hydrogen-bond acceptors (Lipinski definition) is 6. The molecule has 0 spiro atoms. The standard InChI is InChI=1S/C19H22O6/c1-22-16-8-5-12(9-19(16)25-4)15(21)7-6-14-17(23-2)10-13(20)11-18(14)24-3/h5,8-11,20H,6-7H2,1-4H3. The van der Waals surface area contributed by atoms with Gasteiger partial charge < -0.3 is 24.1 Å². The van der Waals surface area contributed by atoms with Crippen LogP contribution in [0, 0.1) is 0 Å². The lowest BCUT2D eigenvalue weighted by Crippen LogP contribution is -2.04. The first-order valence-corrected chi connectivity index (χ1v) is 7.73. The minimum Gasteiger partial charge on any atom is -0.508 e. The van der Waals surface area contributed by atoms with Crippen molar-refractivity contribution in [3.8, 4) is 28.7 Å². The van der Waals surface area contributed by atoms with Crippen LogP contribution in [0.1, 0.15) is 22.3 Å². The van der Waals surface area contributed by atoms with Gasteiger partial charge in [0.2, 0.25) is 0 Å². The van der Waals surface area contributed by atoms with Crippen LogP contribution < -0.4 is 18.9 Å². The summed E-state index contributed by atoms with van der Waals surface area (Å²) in [5.74, 6) is 2.05. The molecule has 2 aromatic carbocycles. The van der Waals surface area contributed by atoms with Crippen LogP contribution in [0.5, 0.6) is 28.7 Å². The van der Waals surface area contributed by atoms with Gasteiger partial charge in [-0.2, -0.15) is 0 Å². The highest BCUT2D eigenvalue weighted by Gasteiger charge is 2.16. The number of Topliss-reactive ketones (excluding diaryl/α,β-unsaturated/α-hetero) is 1. The zero-order valence-corrected chi connectivity index (χ0v) is 14.8. The van der Waals surface area contributed by atoms with Gasteiger partial charge in [0.15, 0.2) is 17.3 Å². The van der Waals surface area contributed by atoms with Crippen molar-refractivity contribution in [2.75, 3.05) is 28.4 Å². The molecular weight excluding hydrogens is 324 g/mol. The van der Waals surface area contributed by atoms with E-state index in [1.54, 1.807) is 25.3 Å². The van der Waals surface area contributed by atoms with Crippen molar-refractivity contribution < 1.29 is 28.8 Å². The summed E-state index contributed by atoms with van der Waals surface area (Å²) in [7, 11) is 6.09. The second-order valence-corrected chi connectivity index (χ2v) is 5.32. The monoisotopic (exact) mass is 346 g/mol. The molecule has 2 rings (SSSR count). The van der Waals surface area contributed by atoms with Crippen LogP contribution in [0.4, 0.5) is 0 Å². The van der Waals surface area contributed by atoms with Crippen molar-refractivity contribution in [2.45, 2.75) is 12.8 Å². The number of phenols is 1. The number of ether oxygens (including phenoxy) is 4. The maximum Gasteiger partial charge on any atom is 0.163 e. The molecule has 25 heavy (non-hydrogen) atoms. The summed E-state index contributed by atoms with van der Waals surface area (Å²) in [6, 6.07) is 8.06. The molecule has 0 heterocycles. The molecule has 6 nitrogen and oxygen atoms in total. The Hall–Kier alpha value is -2.89. The normalized spacial score (nSPS) is 10.2. The van der Waals surface area contributed by atoms with Gasteiger partial charge in [-0.05, 0) is 24.6 Å². The number of ketones is 1. The van der Waals surface area contributed by atoms with Crippen molar-refractivity contribution in [1.29, 1.82) is 0 Å². The molecule has 0 radical (unpaired) electrons. The minimum absolute atomic E-state index is 0.0434. The molecule has 0 aliphatic rings. The Balaban J connectivity index is 2.20. The van der Waals surface area contributed by atoms with E-state index >= 15 is 0 Å². The summed E-state index contributed by atoms with van der Waals surface area (Å²) < 4.78 is 21.0. The van der Waals surface area contributed by atoms with Gasteiger partial charge in [-0.15, -0.1) is 0 Å². The summed E-state index contributed by atoms with van der Waals surface area (Å²) >= 11 is 0. The van der Waals surface area contributed by atoms with Crippen LogP contribution in [0.15, 0.2) is 30.3 Å². The Bertz CT molecular complexity index is 729. The van der Waals surface area contributed by atoms with Crippen LogP contribution in [-0.2, 0) is 6.42 Å². The number of carbonyl (C=O) groups is 1. The van der Waals surface area contributed by atoms with Crippen LogP contribution in [0.2, 0.25) is 0 Å². The lowest BCUT2D eigenvalue weighted by Gasteiger charge is -2.14. The van der Waals surface area contributed by atoms with E-state index in [9.17, 15) is 9.90 Å². The molecule has 0 amide bonds. The lowest BCUT2D eigenvalue weighted by molar-refractivity contribution is 0.0982. The molecule has 0 saturated carbocycles. The molecule has 0 bridgehead atoms. The van der Waals surface area contributed by atoms with Crippen LogP contribution in [0.3, 0.4) is 0 Å². The van der Waals surface area contributed by atoms with E-state index in [2.05, 4.69) is 0 Å². The first kappa shape index (κ1) is 18.4. The smallest absolute Gasteiger partial charge is 0.163 e. The fraction of sp³-hybridized carbons (Fsp3) is 0.316. The number of carbonyl (C=O) groups excluding carboxylic acids is 1. The number of hydrogen-bond donors (Lipinski definition) is 1. The Morgan fingerprint density at radius 3 is 1.92 bits per heavy atom. The molecule has 1 N–H and O–H groups in total. The molecule has 134 valence electrons. The molecule has 0 atom stereocenters. The second kappa shape index (κ2) is 8.28. The van der Waals surface area contributed by atoms with Crippen LogP contribution >= 0.6 is 0 Å². The second-order valence-electron chi connectivity index (χ2n) is 5.32. The largest absolute Gasteiger partial charge is 0.508 e. The lowest BCUT2D eigenvalue weighted by atomic mass is 10.0. The third kappa shape index (κ3) is 4.15. The highest BCUT2D eigenvalue weighted by atomic mass is 16.5. The average molecular weight is 346 g/mol. The van der Waals surface area contributed by atoms with E-state index in [-0.39, 0.29) is 18.0 Å². The Morgan fingerprint density at radius 1 is 0.840 bits per heavy atom. The van der Waals surface area contributed by atoms with Gasteiger partial charge in [0, 0.05) is 29.7 Å². The van der Waals surface area contributed by atoms with Gasteiger partial charge in [0.25, 0.3) is 0 Å². The van der Waals surface area contributed by atoms with Gasteiger partial charge in [-0.25, -0.2) is 0 Å². The molecule has 6 heteroatoms. The Kier molecular flexibility index (Phi) is 6.11. The van der Waals surface area contributed by atoms with E-state index in [0.29, 0.717) is 35.0 Å². The zero-order chi connectivity index (χ0) is 18.4. The van der Waals surface area contributed by atoms with Gasteiger partial charge in [-0.3, -0.25) is 4.79 Å². The number of methoxy groups -OCH3 is 4. The van der Waals surface area contributed by atoms with E-state index in [0.717, 1.165) is 5.56 Å². The van der Waals surface area contributed by atoms with Crippen molar-refractivity contribution in [3.63, 3.8) is 0 Å². The first-order chi connectivity index (χ1) is 12.0. The van der Waals surface area contributed by atoms with Crippen molar-refractivity contribution >= 4 is 5.78 Å². The molecular formula is C19H22O6. The van der Waals surface area contributed by atoms with Crippen LogP contribution in [-0.4, -0.2) is 39.3 Å². The highest BCUT2D eigenvalue weighted by Crippen LogP contribution is 2.35. The molecule has 0 aliphatic carbocycles. The molecule has 0 fully saturated rings. The summed E-state index contributed by atoms with van der Waals surface area (Å²) in [4.78, 5) is 12.5. The SMILES string of the molecule is COc1ccc(C(=O)CCc2c(OC)cc(O)cc2OC)cc1OC. The fourth-order valence-corrected chi connectivity index (χ4v) is 2.61. The molecule has 2 aromatic rings. The maximum absolute atomic E-state index is 12.5. The Morgan fingerprint density at radius 2 is 1.40 bits per heavy atom. The highest BCUT2D eigenvalue weighted by molar-refractivity contribution is 5.96. The third-order valence-electron chi connectivity index (χ3n) is 3.90. The summed E-state index contributed by atoms with van der Waals surface area (Å²) in [5, 5.41) is 9.69. The quantitative estimate of drug-likeness (QED) is 0.740. The topological polar surface area (TPSA) is 74.2 Å². The summed E-state index contributed by atoms with van der Waals surface area (Å²) in [6.07, 6.45) is 0.673. The molecule has 0 aliphatic heterocycles. The number of phenolic OH excluding ortho intramolecular Hbond substituents is 1. The first-order valence-electron chi connectivity index (χ1n) is 7.73. The average Bonchev–Trinajstić information content (AvgIpc) is 2.65. The van der Waals surface area contributed by atoms with E-state index in [4.69, 9.17) is 18.9 Å². The maximum atomic E-state index is 12.5. The van der Waals surface area contributed by atoms with Gasteiger partial charge >= 0.3 is 0 Å².